The van der Waals surface area contributed by atoms with Crippen LogP contribution in [-0.2, 0) is 4.79 Å². The van der Waals surface area contributed by atoms with E-state index in [9.17, 15) is 9.18 Å². The monoisotopic (exact) mass is 232 g/mol. The number of nitrogens with one attached hydrogen (secondary N) is 1. The molecular formula is C13H13FN2O. The molecule has 4 heteroatoms. The Hall–Kier alpha value is -1.89. The number of hydrogen-bond donors (Lipinski definition) is 1. The van der Waals surface area contributed by atoms with E-state index in [1.807, 2.05) is 0 Å². The highest BCUT2D eigenvalue weighted by molar-refractivity contribution is 5.97. The third-order valence-electron chi connectivity index (χ3n) is 3.16. The zero-order chi connectivity index (χ0) is 12.5. The summed E-state index contributed by atoms with van der Waals surface area (Å²) in [5, 5.41) is 11.6. The highest BCUT2D eigenvalue weighted by atomic mass is 19.1. The van der Waals surface area contributed by atoms with Crippen LogP contribution in [0, 0.1) is 29.5 Å². The second kappa shape index (κ2) is 4.17. The van der Waals surface area contributed by atoms with Crippen LogP contribution < -0.4 is 5.32 Å². The molecule has 1 N–H and O–H groups in total. The maximum atomic E-state index is 13.1. The van der Waals surface area contributed by atoms with Gasteiger partial charge in [0.05, 0.1) is 6.07 Å². The van der Waals surface area contributed by atoms with E-state index in [-0.39, 0.29) is 11.7 Å². The van der Waals surface area contributed by atoms with E-state index in [1.165, 1.54) is 12.1 Å². The van der Waals surface area contributed by atoms with Crippen molar-refractivity contribution in [3.63, 3.8) is 0 Å². The van der Waals surface area contributed by atoms with Crippen LogP contribution in [0.25, 0.3) is 0 Å². The minimum absolute atomic E-state index is 0.323. The van der Waals surface area contributed by atoms with Gasteiger partial charge in [-0.25, -0.2) is 4.39 Å². The maximum Gasteiger partial charge on any atom is 0.244 e. The molecule has 0 bridgehead atoms. The van der Waals surface area contributed by atoms with Crippen LogP contribution in [-0.4, -0.2) is 5.91 Å². The van der Waals surface area contributed by atoms with E-state index >= 15 is 0 Å². The standard InChI is InChI=1S/C13H13FN2O/c1-9-5-10(14)7-11(6-9)16-12(17)13(8-15)3-2-4-13/h5-7H,2-4H2,1H3,(H,16,17). The summed E-state index contributed by atoms with van der Waals surface area (Å²) in [6, 6.07) is 6.39. The first-order valence-electron chi connectivity index (χ1n) is 5.56. The molecule has 0 aromatic heterocycles. The van der Waals surface area contributed by atoms with E-state index < -0.39 is 5.41 Å². The molecule has 0 heterocycles. The Morgan fingerprint density at radius 1 is 1.47 bits per heavy atom. The largest absolute Gasteiger partial charge is 0.325 e. The molecule has 0 atom stereocenters. The molecule has 1 aliphatic rings. The third kappa shape index (κ3) is 2.14. The molecule has 88 valence electrons. The van der Waals surface area contributed by atoms with Gasteiger partial charge in [-0.05, 0) is 49.9 Å². The summed E-state index contributed by atoms with van der Waals surface area (Å²) < 4.78 is 13.1. The summed E-state index contributed by atoms with van der Waals surface area (Å²) in [5.41, 5.74) is 0.245. The first-order chi connectivity index (χ1) is 8.05. The number of carbonyl (C=O) groups is 1. The lowest BCUT2D eigenvalue weighted by atomic mass is 9.69. The Labute approximate surface area is 99.2 Å². The van der Waals surface area contributed by atoms with Gasteiger partial charge in [0, 0.05) is 5.69 Å². The second-order valence-corrected chi connectivity index (χ2v) is 4.52. The molecule has 0 radical (unpaired) electrons. The summed E-state index contributed by atoms with van der Waals surface area (Å²) in [5.74, 6) is -0.712. The molecular weight excluding hydrogens is 219 g/mol. The topological polar surface area (TPSA) is 52.9 Å². The molecule has 1 amide bonds. The van der Waals surface area contributed by atoms with Crippen molar-refractivity contribution in [1.82, 2.24) is 0 Å². The molecule has 1 saturated carbocycles. The van der Waals surface area contributed by atoms with Gasteiger partial charge in [0.1, 0.15) is 11.2 Å². The van der Waals surface area contributed by atoms with Crippen LogP contribution in [0.3, 0.4) is 0 Å². The average Bonchev–Trinajstić information content (AvgIpc) is 2.14. The van der Waals surface area contributed by atoms with Crippen LogP contribution in [0.2, 0.25) is 0 Å². The van der Waals surface area contributed by atoms with Crippen LogP contribution in [0.15, 0.2) is 18.2 Å². The van der Waals surface area contributed by atoms with E-state index in [4.69, 9.17) is 5.26 Å². The van der Waals surface area contributed by atoms with Gasteiger partial charge in [-0.2, -0.15) is 5.26 Å². The molecule has 1 aromatic carbocycles. The SMILES string of the molecule is Cc1cc(F)cc(NC(=O)C2(C#N)CCC2)c1. The van der Waals surface area contributed by atoms with E-state index in [0.717, 1.165) is 12.0 Å². The molecule has 1 aliphatic carbocycles. The number of hydrogen-bond acceptors (Lipinski definition) is 2. The highest BCUT2D eigenvalue weighted by Gasteiger charge is 2.44. The van der Waals surface area contributed by atoms with Gasteiger partial charge in [0.2, 0.25) is 5.91 Å². The fourth-order valence-corrected chi connectivity index (χ4v) is 1.98. The Bertz CT molecular complexity index is 480. The van der Waals surface area contributed by atoms with Crippen LogP contribution in [0.4, 0.5) is 10.1 Å². The molecule has 1 aromatic rings. The molecule has 1 fully saturated rings. The summed E-state index contributed by atoms with van der Waals surface area (Å²) in [4.78, 5) is 11.9. The Morgan fingerprint density at radius 3 is 2.65 bits per heavy atom. The van der Waals surface area contributed by atoms with Crippen molar-refractivity contribution < 1.29 is 9.18 Å². The molecule has 3 nitrogen and oxygen atoms in total. The highest BCUT2D eigenvalue weighted by Crippen LogP contribution is 2.41. The Morgan fingerprint density at radius 2 is 2.18 bits per heavy atom. The van der Waals surface area contributed by atoms with Crippen molar-refractivity contribution in [3.8, 4) is 6.07 Å². The average molecular weight is 232 g/mol. The number of anilines is 1. The number of halogens is 1. The number of aryl methyl sites for hydroxylation is 1. The summed E-state index contributed by atoms with van der Waals surface area (Å²) in [7, 11) is 0. The van der Waals surface area contributed by atoms with Gasteiger partial charge < -0.3 is 5.32 Å². The zero-order valence-corrected chi connectivity index (χ0v) is 9.59. The molecule has 0 saturated heterocycles. The second-order valence-electron chi connectivity index (χ2n) is 4.52. The lowest BCUT2D eigenvalue weighted by Crippen LogP contribution is -2.40. The number of amides is 1. The summed E-state index contributed by atoms with van der Waals surface area (Å²) in [6.07, 6.45) is 2.07. The van der Waals surface area contributed by atoms with Crippen molar-refractivity contribution >= 4 is 11.6 Å². The fraction of sp³-hybridized carbons (Fsp3) is 0.385. The lowest BCUT2D eigenvalue weighted by Gasteiger charge is -2.33. The zero-order valence-electron chi connectivity index (χ0n) is 9.59. The van der Waals surface area contributed by atoms with Gasteiger partial charge in [-0.15, -0.1) is 0 Å². The normalized spacial score (nSPS) is 16.8. The van der Waals surface area contributed by atoms with Crippen molar-refractivity contribution in [1.29, 1.82) is 5.26 Å². The first-order valence-corrected chi connectivity index (χ1v) is 5.56. The molecule has 0 aliphatic heterocycles. The van der Waals surface area contributed by atoms with Gasteiger partial charge in [0.25, 0.3) is 0 Å². The third-order valence-corrected chi connectivity index (χ3v) is 3.16. The van der Waals surface area contributed by atoms with Gasteiger partial charge in [0.15, 0.2) is 0 Å². The summed E-state index contributed by atoms with van der Waals surface area (Å²) in [6.45, 7) is 1.75. The van der Waals surface area contributed by atoms with E-state index in [2.05, 4.69) is 11.4 Å². The lowest BCUT2D eigenvalue weighted by molar-refractivity contribution is -0.126. The quantitative estimate of drug-likeness (QED) is 0.852. The molecule has 0 unspecified atom stereocenters. The Kier molecular flexibility index (Phi) is 2.84. The van der Waals surface area contributed by atoms with Crippen LogP contribution >= 0.6 is 0 Å². The van der Waals surface area contributed by atoms with Gasteiger partial charge in [-0.3, -0.25) is 4.79 Å². The smallest absolute Gasteiger partial charge is 0.244 e. The number of benzene rings is 1. The minimum atomic E-state index is -0.903. The number of rotatable bonds is 2. The summed E-state index contributed by atoms with van der Waals surface area (Å²) >= 11 is 0. The first kappa shape index (κ1) is 11.6. The van der Waals surface area contributed by atoms with Crippen molar-refractivity contribution in [2.45, 2.75) is 26.2 Å². The predicted octanol–water partition coefficient (Wildman–Crippen LogP) is 2.77. The predicted molar refractivity (Wildman–Crippen MR) is 61.7 cm³/mol. The number of nitrogens with zero attached hydrogens (tertiary/aromatic N) is 1. The van der Waals surface area contributed by atoms with Crippen LogP contribution in [0.1, 0.15) is 24.8 Å². The molecule has 17 heavy (non-hydrogen) atoms. The molecule has 2 rings (SSSR count). The number of nitriles is 1. The van der Waals surface area contributed by atoms with E-state index in [1.54, 1.807) is 13.0 Å². The molecule has 0 spiro atoms. The van der Waals surface area contributed by atoms with Crippen molar-refractivity contribution in [2.24, 2.45) is 5.41 Å². The number of carbonyl (C=O) groups excluding carboxylic acids is 1. The van der Waals surface area contributed by atoms with Gasteiger partial charge >= 0.3 is 0 Å². The minimum Gasteiger partial charge on any atom is -0.325 e. The van der Waals surface area contributed by atoms with Crippen LogP contribution in [0.5, 0.6) is 0 Å². The Balaban J connectivity index is 2.16. The maximum absolute atomic E-state index is 13.1. The van der Waals surface area contributed by atoms with Crippen molar-refractivity contribution in [2.75, 3.05) is 5.32 Å². The van der Waals surface area contributed by atoms with Crippen molar-refractivity contribution in [3.05, 3.63) is 29.6 Å². The van der Waals surface area contributed by atoms with E-state index in [0.29, 0.717) is 18.5 Å². The van der Waals surface area contributed by atoms with Gasteiger partial charge in [-0.1, -0.05) is 0 Å². The fourth-order valence-electron chi connectivity index (χ4n) is 1.98.